The van der Waals surface area contributed by atoms with Gasteiger partial charge in [-0.15, -0.1) is 0 Å². The molecule has 4 N–H and O–H groups in total. The van der Waals surface area contributed by atoms with E-state index in [0.29, 0.717) is 0 Å². The van der Waals surface area contributed by atoms with Crippen LogP contribution in [-0.4, -0.2) is 63.4 Å². The van der Waals surface area contributed by atoms with Crippen LogP contribution < -0.4 is 5.32 Å². The fourth-order valence-electron chi connectivity index (χ4n) is 3.01. The third-order valence-electron chi connectivity index (χ3n) is 4.40. The number of fused-ring (bicyclic) bond motifs is 1. The van der Waals surface area contributed by atoms with E-state index in [1.807, 2.05) is 56.3 Å². The second kappa shape index (κ2) is 9.88. The lowest BCUT2D eigenvalue weighted by molar-refractivity contribution is -0.147. The van der Waals surface area contributed by atoms with Crippen LogP contribution in [0.3, 0.4) is 0 Å². The Morgan fingerprint density at radius 2 is 1.62 bits per heavy atom. The zero-order valence-electron chi connectivity index (χ0n) is 16.4. The molecule has 0 fully saturated rings. The quantitative estimate of drug-likeness (QED) is 0.508. The van der Waals surface area contributed by atoms with Gasteiger partial charge in [-0.3, -0.25) is 0 Å². The standard InChI is InChI=1S/C21H26N2O6/c1-13(2)11-23(12-18(24)20(27)28)21(29)22-17(19(25)26)10-14-7-8-15-5-3-4-6-16(15)9-14/h3-9,13,17-18,24H,10-12H2,1-2H3,(H,22,29)(H,25,26)(H,27,28)/t17?,18-/m0/s1. The van der Waals surface area contributed by atoms with Gasteiger partial charge in [0.15, 0.2) is 6.10 Å². The molecular weight excluding hydrogens is 376 g/mol. The zero-order chi connectivity index (χ0) is 21.6. The van der Waals surface area contributed by atoms with Crippen LogP contribution in [0.4, 0.5) is 4.79 Å². The van der Waals surface area contributed by atoms with E-state index in [-0.39, 0.29) is 18.9 Å². The summed E-state index contributed by atoms with van der Waals surface area (Å²) in [6.45, 7) is 3.41. The lowest BCUT2D eigenvalue weighted by Gasteiger charge is -2.27. The molecule has 0 aliphatic rings. The maximum Gasteiger partial charge on any atom is 0.334 e. The molecule has 8 heteroatoms. The van der Waals surface area contributed by atoms with Gasteiger partial charge in [0.2, 0.25) is 0 Å². The molecule has 0 spiro atoms. The molecule has 0 bridgehead atoms. The Labute approximate surface area is 168 Å². The van der Waals surface area contributed by atoms with Crippen molar-refractivity contribution in [1.82, 2.24) is 10.2 Å². The lowest BCUT2D eigenvalue weighted by Crippen LogP contribution is -2.52. The van der Waals surface area contributed by atoms with Crippen molar-refractivity contribution in [2.45, 2.75) is 32.4 Å². The molecule has 0 radical (unpaired) electrons. The van der Waals surface area contributed by atoms with Crippen molar-refractivity contribution in [2.24, 2.45) is 5.92 Å². The number of carbonyl (C=O) groups excluding carboxylic acids is 1. The maximum atomic E-state index is 12.6. The number of carboxylic acid groups (broad SMARTS) is 2. The first-order chi connectivity index (χ1) is 13.7. The minimum atomic E-state index is -1.75. The predicted octanol–water partition coefficient (Wildman–Crippen LogP) is 1.95. The average molecular weight is 402 g/mol. The molecular formula is C21H26N2O6. The summed E-state index contributed by atoms with van der Waals surface area (Å²) in [6.07, 6.45) is -1.67. The zero-order valence-corrected chi connectivity index (χ0v) is 16.4. The highest BCUT2D eigenvalue weighted by atomic mass is 16.4. The fourth-order valence-corrected chi connectivity index (χ4v) is 3.01. The Balaban J connectivity index is 2.14. The molecule has 156 valence electrons. The van der Waals surface area contributed by atoms with Gasteiger partial charge in [0.25, 0.3) is 0 Å². The molecule has 0 aromatic heterocycles. The highest BCUT2D eigenvalue weighted by Crippen LogP contribution is 2.17. The molecule has 2 amide bonds. The minimum absolute atomic E-state index is 0.00510. The topological polar surface area (TPSA) is 127 Å². The Morgan fingerprint density at radius 1 is 0.966 bits per heavy atom. The Morgan fingerprint density at radius 3 is 2.21 bits per heavy atom. The molecule has 2 rings (SSSR count). The monoisotopic (exact) mass is 402 g/mol. The molecule has 29 heavy (non-hydrogen) atoms. The van der Waals surface area contributed by atoms with Crippen LogP contribution in [0.25, 0.3) is 10.8 Å². The largest absolute Gasteiger partial charge is 0.480 e. The number of carboxylic acids is 2. The third-order valence-corrected chi connectivity index (χ3v) is 4.40. The number of aliphatic hydroxyl groups excluding tert-OH is 1. The lowest BCUT2D eigenvalue weighted by atomic mass is 10.0. The van der Waals surface area contributed by atoms with E-state index >= 15 is 0 Å². The van der Waals surface area contributed by atoms with E-state index in [4.69, 9.17) is 5.11 Å². The minimum Gasteiger partial charge on any atom is -0.480 e. The van der Waals surface area contributed by atoms with Crippen LogP contribution in [0.15, 0.2) is 42.5 Å². The van der Waals surface area contributed by atoms with Gasteiger partial charge < -0.3 is 25.5 Å². The highest BCUT2D eigenvalue weighted by molar-refractivity contribution is 5.85. The van der Waals surface area contributed by atoms with Crippen molar-refractivity contribution in [3.05, 3.63) is 48.0 Å². The van der Waals surface area contributed by atoms with Crippen LogP contribution in [-0.2, 0) is 16.0 Å². The summed E-state index contributed by atoms with van der Waals surface area (Å²) in [5.74, 6) is -2.64. The van der Waals surface area contributed by atoms with Gasteiger partial charge in [-0.1, -0.05) is 56.3 Å². The van der Waals surface area contributed by atoms with Crippen LogP contribution in [0.2, 0.25) is 0 Å². The number of urea groups is 1. The van der Waals surface area contributed by atoms with Gasteiger partial charge >= 0.3 is 18.0 Å². The van der Waals surface area contributed by atoms with Crippen molar-refractivity contribution in [1.29, 1.82) is 0 Å². The first-order valence-electron chi connectivity index (χ1n) is 9.34. The smallest absolute Gasteiger partial charge is 0.334 e. The first kappa shape index (κ1) is 22.2. The number of benzene rings is 2. The fraction of sp³-hybridized carbons (Fsp3) is 0.381. The molecule has 0 heterocycles. The molecule has 0 saturated heterocycles. The number of nitrogens with one attached hydrogen (secondary N) is 1. The normalized spacial score (nSPS) is 13.1. The number of rotatable bonds is 9. The Hall–Kier alpha value is -3.13. The van der Waals surface area contributed by atoms with Gasteiger partial charge in [0.05, 0.1) is 6.54 Å². The predicted molar refractivity (Wildman–Crippen MR) is 108 cm³/mol. The third kappa shape index (κ3) is 6.46. The SMILES string of the molecule is CC(C)CN(C[C@H](O)C(=O)O)C(=O)NC(Cc1ccc2ccccc2c1)C(=O)O. The maximum absolute atomic E-state index is 12.6. The number of hydrogen-bond acceptors (Lipinski definition) is 4. The first-order valence-corrected chi connectivity index (χ1v) is 9.34. The van der Waals surface area contributed by atoms with Gasteiger partial charge in [-0.25, -0.2) is 14.4 Å². The van der Waals surface area contributed by atoms with Crippen molar-refractivity contribution in [3.63, 3.8) is 0 Å². The van der Waals surface area contributed by atoms with Crippen LogP contribution in [0, 0.1) is 5.92 Å². The number of aliphatic hydroxyl groups is 1. The summed E-state index contributed by atoms with van der Waals surface area (Å²) in [5, 5.41) is 32.5. The number of amides is 2. The number of carbonyl (C=O) groups is 3. The van der Waals surface area contributed by atoms with Gasteiger partial charge in [0, 0.05) is 13.0 Å². The number of nitrogens with zero attached hydrogens (tertiary/aromatic N) is 1. The van der Waals surface area contributed by atoms with E-state index < -0.39 is 36.7 Å². The van der Waals surface area contributed by atoms with Crippen molar-refractivity contribution >= 4 is 28.7 Å². The Kier molecular flexibility index (Phi) is 7.55. The summed E-state index contributed by atoms with van der Waals surface area (Å²) in [5.41, 5.74) is 0.748. The van der Waals surface area contributed by atoms with Crippen LogP contribution in [0.1, 0.15) is 19.4 Å². The van der Waals surface area contributed by atoms with E-state index in [0.717, 1.165) is 21.2 Å². The van der Waals surface area contributed by atoms with Crippen LogP contribution >= 0.6 is 0 Å². The number of aliphatic carboxylic acids is 2. The molecule has 2 atom stereocenters. The van der Waals surface area contributed by atoms with E-state index in [2.05, 4.69) is 5.32 Å². The summed E-state index contributed by atoms with van der Waals surface area (Å²) in [7, 11) is 0. The molecule has 2 aromatic carbocycles. The van der Waals surface area contributed by atoms with Crippen molar-refractivity contribution in [3.8, 4) is 0 Å². The summed E-state index contributed by atoms with van der Waals surface area (Å²) < 4.78 is 0. The van der Waals surface area contributed by atoms with E-state index in [1.54, 1.807) is 0 Å². The summed E-state index contributed by atoms with van der Waals surface area (Å²) in [4.78, 5) is 36.3. The van der Waals surface area contributed by atoms with Gasteiger partial charge in [-0.2, -0.15) is 0 Å². The second-order valence-electron chi connectivity index (χ2n) is 7.38. The van der Waals surface area contributed by atoms with Crippen molar-refractivity contribution < 1.29 is 29.7 Å². The Bertz CT molecular complexity index is 882. The number of hydrogen-bond donors (Lipinski definition) is 4. The van der Waals surface area contributed by atoms with E-state index in [1.165, 1.54) is 0 Å². The molecule has 0 saturated carbocycles. The van der Waals surface area contributed by atoms with Crippen molar-refractivity contribution in [2.75, 3.05) is 13.1 Å². The highest BCUT2D eigenvalue weighted by Gasteiger charge is 2.27. The molecule has 0 aliphatic carbocycles. The second-order valence-corrected chi connectivity index (χ2v) is 7.38. The van der Waals surface area contributed by atoms with Gasteiger partial charge in [0.1, 0.15) is 6.04 Å². The summed E-state index contributed by atoms with van der Waals surface area (Å²) >= 11 is 0. The summed E-state index contributed by atoms with van der Waals surface area (Å²) in [6, 6.07) is 11.3. The molecule has 0 aliphatic heterocycles. The molecule has 1 unspecified atom stereocenters. The average Bonchev–Trinajstić information content (AvgIpc) is 2.66. The van der Waals surface area contributed by atoms with E-state index in [9.17, 15) is 24.6 Å². The molecule has 8 nitrogen and oxygen atoms in total. The van der Waals surface area contributed by atoms with Crippen LogP contribution in [0.5, 0.6) is 0 Å². The van der Waals surface area contributed by atoms with Gasteiger partial charge in [-0.05, 0) is 22.3 Å². The molecule has 2 aromatic rings.